The SMILES string of the molecule is C#CC1C[C@@]1(C(=O)OCC)N(C(=O)O)C(=O)OC(C)(C)C. The molecule has 2 amide bonds. The fraction of sp³-hybridized carbons (Fsp3) is 0.643. The Morgan fingerprint density at radius 1 is 1.43 bits per heavy atom. The maximum Gasteiger partial charge on any atom is 0.420 e. The Morgan fingerprint density at radius 2 is 2.00 bits per heavy atom. The quantitative estimate of drug-likeness (QED) is 0.631. The van der Waals surface area contributed by atoms with Gasteiger partial charge in [0.2, 0.25) is 0 Å². The van der Waals surface area contributed by atoms with Gasteiger partial charge in [0.15, 0.2) is 5.54 Å². The molecule has 0 aromatic carbocycles. The van der Waals surface area contributed by atoms with E-state index in [1.165, 1.54) is 0 Å². The third-order valence-corrected chi connectivity index (χ3v) is 2.93. The molecule has 7 nitrogen and oxygen atoms in total. The summed E-state index contributed by atoms with van der Waals surface area (Å²) in [4.78, 5) is 36.0. The van der Waals surface area contributed by atoms with Crippen LogP contribution in [0, 0.1) is 18.3 Å². The van der Waals surface area contributed by atoms with Crippen molar-refractivity contribution in [1.82, 2.24) is 4.90 Å². The van der Waals surface area contributed by atoms with E-state index in [1.807, 2.05) is 0 Å². The van der Waals surface area contributed by atoms with Crippen molar-refractivity contribution in [2.75, 3.05) is 6.61 Å². The Bertz CT molecular complexity index is 501. The van der Waals surface area contributed by atoms with Crippen molar-refractivity contribution in [2.24, 2.45) is 5.92 Å². The molecule has 0 bridgehead atoms. The number of rotatable bonds is 3. The summed E-state index contributed by atoms with van der Waals surface area (Å²) in [6.07, 6.45) is 2.57. The van der Waals surface area contributed by atoms with E-state index in [-0.39, 0.29) is 13.0 Å². The molecule has 116 valence electrons. The van der Waals surface area contributed by atoms with Gasteiger partial charge >= 0.3 is 18.2 Å². The summed E-state index contributed by atoms with van der Waals surface area (Å²) in [5.41, 5.74) is -2.58. The van der Waals surface area contributed by atoms with Gasteiger partial charge in [-0.1, -0.05) is 0 Å². The maximum atomic E-state index is 12.1. The van der Waals surface area contributed by atoms with Gasteiger partial charge in [-0.25, -0.2) is 14.4 Å². The van der Waals surface area contributed by atoms with Crippen molar-refractivity contribution in [1.29, 1.82) is 0 Å². The van der Waals surface area contributed by atoms with Gasteiger partial charge in [0, 0.05) is 6.42 Å². The van der Waals surface area contributed by atoms with Crippen LogP contribution >= 0.6 is 0 Å². The van der Waals surface area contributed by atoms with E-state index in [1.54, 1.807) is 27.7 Å². The van der Waals surface area contributed by atoms with E-state index >= 15 is 0 Å². The first-order valence-corrected chi connectivity index (χ1v) is 6.49. The molecule has 1 saturated carbocycles. The number of terminal acetylenes is 1. The van der Waals surface area contributed by atoms with E-state index in [2.05, 4.69) is 5.92 Å². The lowest BCUT2D eigenvalue weighted by Gasteiger charge is -2.29. The van der Waals surface area contributed by atoms with Crippen LogP contribution in [0.4, 0.5) is 9.59 Å². The number of ether oxygens (including phenoxy) is 2. The standard InChI is InChI=1S/C14H19NO6/c1-6-9-8-14(9,10(16)20-7-2)15(11(17)18)12(19)21-13(3,4)5/h1,9H,7-8H2,2-5H3,(H,17,18)/t9?,14-/m1/s1. The molecule has 0 saturated heterocycles. The number of imide groups is 1. The predicted octanol–water partition coefficient (Wildman–Crippen LogP) is 1.86. The Morgan fingerprint density at radius 3 is 2.33 bits per heavy atom. The van der Waals surface area contributed by atoms with E-state index in [0.717, 1.165) is 0 Å². The van der Waals surface area contributed by atoms with E-state index in [4.69, 9.17) is 15.9 Å². The Hall–Kier alpha value is -2.23. The molecule has 0 heterocycles. The third-order valence-electron chi connectivity index (χ3n) is 2.93. The first kappa shape index (κ1) is 16.8. The molecule has 1 rings (SSSR count). The maximum absolute atomic E-state index is 12.1. The molecule has 7 heteroatoms. The number of carbonyl (C=O) groups excluding carboxylic acids is 2. The second kappa shape index (κ2) is 5.64. The highest BCUT2D eigenvalue weighted by atomic mass is 16.6. The van der Waals surface area contributed by atoms with E-state index in [0.29, 0.717) is 4.90 Å². The van der Waals surface area contributed by atoms with Gasteiger partial charge in [-0.05, 0) is 27.7 Å². The predicted molar refractivity (Wildman–Crippen MR) is 72.4 cm³/mol. The highest BCUT2D eigenvalue weighted by molar-refractivity contribution is 5.99. The molecule has 1 unspecified atom stereocenters. The lowest BCUT2D eigenvalue weighted by atomic mass is 10.1. The summed E-state index contributed by atoms with van der Waals surface area (Å²) in [7, 11) is 0. The Labute approximate surface area is 123 Å². The summed E-state index contributed by atoms with van der Waals surface area (Å²) >= 11 is 0. The molecule has 21 heavy (non-hydrogen) atoms. The summed E-state index contributed by atoms with van der Waals surface area (Å²) in [6.45, 7) is 6.41. The number of esters is 1. The molecular weight excluding hydrogens is 278 g/mol. The zero-order valence-electron chi connectivity index (χ0n) is 12.5. The van der Waals surface area contributed by atoms with Crippen LogP contribution in [0.3, 0.4) is 0 Å². The number of carbonyl (C=O) groups is 3. The Balaban J connectivity index is 3.14. The minimum atomic E-state index is -1.68. The van der Waals surface area contributed by atoms with Crippen LogP contribution in [0.25, 0.3) is 0 Å². The molecule has 1 fully saturated rings. The van der Waals surface area contributed by atoms with Crippen LogP contribution < -0.4 is 0 Å². The number of carboxylic acid groups (broad SMARTS) is 1. The molecule has 0 aromatic heterocycles. The topological polar surface area (TPSA) is 93.1 Å². The van der Waals surface area contributed by atoms with E-state index < -0.39 is 35.2 Å². The zero-order chi connectivity index (χ0) is 16.4. The minimum Gasteiger partial charge on any atom is -0.464 e. The van der Waals surface area contributed by atoms with Crippen molar-refractivity contribution < 1.29 is 29.0 Å². The zero-order valence-corrected chi connectivity index (χ0v) is 12.5. The fourth-order valence-electron chi connectivity index (χ4n) is 1.99. The molecule has 2 atom stereocenters. The highest BCUT2D eigenvalue weighted by Gasteiger charge is 2.69. The molecule has 1 N–H and O–H groups in total. The minimum absolute atomic E-state index is 0.0356. The van der Waals surface area contributed by atoms with Crippen molar-refractivity contribution in [3.05, 3.63) is 0 Å². The monoisotopic (exact) mass is 297 g/mol. The average Bonchev–Trinajstić information content (AvgIpc) is 3.02. The first-order valence-electron chi connectivity index (χ1n) is 6.49. The summed E-state index contributed by atoms with van der Waals surface area (Å²) < 4.78 is 9.90. The van der Waals surface area contributed by atoms with Gasteiger partial charge < -0.3 is 14.6 Å². The van der Waals surface area contributed by atoms with Gasteiger partial charge in [-0.3, -0.25) is 0 Å². The van der Waals surface area contributed by atoms with Crippen LogP contribution in [-0.4, -0.2) is 45.9 Å². The highest BCUT2D eigenvalue weighted by Crippen LogP contribution is 2.49. The first-order chi connectivity index (χ1) is 9.60. The summed E-state index contributed by atoms with van der Waals surface area (Å²) in [5.74, 6) is 0.768. The van der Waals surface area contributed by atoms with Crippen LogP contribution in [0.5, 0.6) is 0 Å². The second-order valence-corrected chi connectivity index (χ2v) is 5.67. The lowest BCUT2D eigenvalue weighted by molar-refractivity contribution is -0.150. The summed E-state index contributed by atoms with van der Waals surface area (Å²) in [6, 6.07) is 0. The molecule has 1 aliphatic rings. The second-order valence-electron chi connectivity index (χ2n) is 5.67. The van der Waals surface area contributed by atoms with Gasteiger partial charge in [0.25, 0.3) is 0 Å². The third kappa shape index (κ3) is 3.27. The largest absolute Gasteiger partial charge is 0.464 e. The van der Waals surface area contributed by atoms with Crippen molar-refractivity contribution in [3.8, 4) is 12.3 Å². The van der Waals surface area contributed by atoms with Crippen LogP contribution in [0.2, 0.25) is 0 Å². The molecule has 0 radical (unpaired) electrons. The number of nitrogens with zero attached hydrogens (tertiary/aromatic N) is 1. The number of amides is 2. The Kier molecular flexibility index (Phi) is 4.52. The fourth-order valence-corrected chi connectivity index (χ4v) is 1.99. The van der Waals surface area contributed by atoms with Crippen LogP contribution in [0.1, 0.15) is 34.1 Å². The molecule has 0 spiro atoms. The molecule has 0 aliphatic heterocycles. The normalized spacial score (nSPS) is 23.7. The van der Waals surface area contributed by atoms with Crippen LogP contribution in [0.15, 0.2) is 0 Å². The van der Waals surface area contributed by atoms with Gasteiger partial charge in [-0.2, -0.15) is 4.90 Å². The smallest absolute Gasteiger partial charge is 0.420 e. The van der Waals surface area contributed by atoms with Gasteiger partial charge in [0.05, 0.1) is 12.5 Å². The molecule has 1 aliphatic carbocycles. The molecular formula is C14H19NO6. The summed E-state index contributed by atoms with van der Waals surface area (Å²) in [5, 5.41) is 9.30. The van der Waals surface area contributed by atoms with Crippen molar-refractivity contribution >= 4 is 18.2 Å². The lowest BCUT2D eigenvalue weighted by Crippen LogP contribution is -2.53. The van der Waals surface area contributed by atoms with E-state index in [9.17, 15) is 19.5 Å². The number of hydrogen-bond donors (Lipinski definition) is 1. The average molecular weight is 297 g/mol. The van der Waals surface area contributed by atoms with Crippen molar-refractivity contribution in [3.63, 3.8) is 0 Å². The van der Waals surface area contributed by atoms with Crippen molar-refractivity contribution in [2.45, 2.75) is 45.3 Å². The molecule has 0 aromatic rings. The number of hydrogen-bond acceptors (Lipinski definition) is 5. The van der Waals surface area contributed by atoms with Gasteiger partial charge in [-0.15, -0.1) is 12.3 Å². The van der Waals surface area contributed by atoms with Gasteiger partial charge in [0.1, 0.15) is 5.60 Å². The van der Waals surface area contributed by atoms with Crippen LogP contribution in [-0.2, 0) is 14.3 Å².